The molecule has 26 heavy (non-hydrogen) atoms. The lowest BCUT2D eigenvalue weighted by atomic mass is 10.1. The van der Waals surface area contributed by atoms with E-state index in [2.05, 4.69) is 20.6 Å². The minimum atomic E-state index is -0.384. The Bertz CT molecular complexity index is 965. The second-order valence-corrected chi connectivity index (χ2v) is 6.41. The first-order valence-corrected chi connectivity index (χ1v) is 8.75. The highest BCUT2D eigenvalue weighted by molar-refractivity contribution is 7.15. The molecule has 0 unspecified atom stereocenters. The molecule has 3 rings (SSSR count). The molecule has 8 nitrogen and oxygen atoms in total. The fraction of sp³-hybridized carbons (Fsp3) is 0.235. The van der Waals surface area contributed by atoms with Crippen LogP contribution in [0.1, 0.15) is 11.9 Å². The number of aromatic nitrogens is 4. The van der Waals surface area contributed by atoms with E-state index in [-0.39, 0.29) is 18.0 Å². The molecule has 0 saturated heterocycles. The number of hydrogen-bond acceptors (Lipinski definition) is 7. The lowest BCUT2D eigenvalue weighted by molar-refractivity contribution is -0.117. The highest BCUT2D eigenvalue weighted by Gasteiger charge is 2.11. The summed E-state index contributed by atoms with van der Waals surface area (Å²) in [5.41, 5.74) is 1.05. The van der Waals surface area contributed by atoms with E-state index in [9.17, 15) is 9.59 Å². The molecule has 1 N–H and O–H groups in total. The number of nitrogens with one attached hydrogen (secondary N) is 1. The van der Waals surface area contributed by atoms with Gasteiger partial charge < -0.3 is 4.74 Å². The predicted octanol–water partition coefficient (Wildman–Crippen LogP) is 1.97. The number of aryl methyl sites for hydroxylation is 1. The number of carbonyl (C=O) groups is 1. The monoisotopic (exact) mass is 371 g/mol. The quantitative estimate of drug-likeness (QED) is 0.711. The maximum absolute atomic E-state index is 12.2. The summed E-state index contributed by atoms with van der Waals surface area (Å²) in [6.45, 7) is 1.75. The molecular formula is C17H17N5O3S. The number of ether oxygens (including phenoxy) is 1. The summed E-state index contributed by atoms with van der Waals surface area (Å²) in [7, 11) is 1.59. The normalized spacial score (nSPS) is 10.5. The van der Waals surface area contributed by atoms with Gasteiger partial charge in [0.1, 0.15) is 17.3 Å². The molecule has 3 aromatic rings. The zero-order chi connectivity index (χ0) is 18.5. The number of nitrogens with zero attached hydrogens (tertiary/aromatic N) is 4. The van der Waals surface area contributed by atoms with Gasteiger partial charge in [0.2, 0.25) is 11.0 Å². The zero-order valence-electron chi connectivity index (χ0n) is 14.3. The molecule has 2 aromatic heterocycles. The van der Waals surface area contributed by atoms with E-state index in [1.807, 2.05) is 19.1 Å². The third kappa shape index (κ3) is 4.12. The largest absolute Gasteiger partial charge is 0.497 e. The summed E-state index contributed by atoms with van der Waals surface area (Å²) in [6.07, 6.45) is 0.748. The van der Waals surface area contributed by atoms with Gasteiger partial charge in [-0.05, 0) is 36.8 Å². The Hall–Kier alpha value is -3.07. The van der Waals surface area contributed by atoms with E-state index in [0.29, 0.717) is 10.8 Å². The molecule has 9 heteroatoms. The van der Waals surface area contributed by atoms with Crippen LogP contribution in [0.5, 0.6) is 5.75 Å². The Morgan fingerprint density at radius 3 is 2.62 bits per heavy atom. The van der Waals surface area contributed by atoms with Crippen LogP contribution in [0.25, 0.3) is 11.3 Å². The first-order chi connectivity index (χ1) is 12.6. The second-order valence-electron chi connectivity index (χ2n) is 5.35. The van der Waals surface area contributed by atoms with Gasteiger partial charge in [-0.3, -0.25) is 14.9 Å². The summed E-state index contributed by atoms with van der Waals surface area (Å²) in [5.74, 6) is 0.343. The van der Waals surface area contributed by atoms with Crippen LogP contribution in [-0.4, -0.2) is 33.0 Å². The summed E-state index contributed by atoms with van der Waals surface area (Å²) < 4.78 is 6.25. The molecular weight excluding hydrogens is 354 g/mol. The van der Waals surface area contributed by atoms with Crippen LogP contribution in [0, 0.1) is 0 Å². The van der Waals surface area contributed by atoms with Crippen molar-refractivity contribution in [3.63, 3.8) is 0 Å². The van der Waals surface area contributed by atoms with Crippen molar-refractivity contribution in [1.82, 2.24) is 20.0 Å². The zero-order valence-corrected chi connectivity index (χ0v) is 15.1. The smallest absolute Gasteiger partial charge is 0.267 e. The Morgan fingerprint density at radius 1 is 1.19 bits per heavy atom. The molecule has 1 aromatic carbocycles. The lowest BCUT2D eigenvalue weighted by Gasteiger charge is -2.07. The number of rotatable bonds is 6. The van der Waals surface area contributed by atoms with Crippen molar-refractivity contribution in [2.45, 2.75) is 19.9 Å². The summed E-state index contributed by atoms with van der Waals surface area (Å²) in [5, 5.41) is 16.0. The Morgan fingerprint density at radius 2 is 1.96 bits per heavy atom. The fourth-order valence-electron chi connectivity index (χ4n) is 2.22. The van der Waals surface area contributed by atoms with E-state index in [4.69, 9.17) is 4.74 Å². The van der Waals surface area contributed by atoms with Gasteiger partial charge in [-0.1, -0.05) is 18.3 Å². The maximum Gasteiger partial charge on any atom is 0.267 e. The Labute approximate surface area is 153 Å². The molecule has 1 amide bonds. The molecule has 0 atom stereocenters. The van der Waals surface area contributed by atoms with Gasteiger partial charge >= 0.3 is 0 Å². The lowest BCUT2D eigenvalue weighted by Crippen LogP contribution is -2.29. The number of anilines is 1. The fourth-order valence-corrected chi connectivity index (χ4v) is 2.92. The van der Waals surface area contributed by atoms with Crippen molar-refractivity contribution < 1.29 is 9.53 Å². The van der Waals surface area contributed by atoms with E-state index in [0.717, 1.165) is 27.4 Å². The number of hydrogen-bond donors (Lipinski definition) is 1. The van der Waals surface area contributed by atoms with Crippen LogP contribution in [0.2, 0.25) is 0 Å². The van der Waals surface area contributed by atoms with Gasteiger partial charge in [-0.15, -0.1) is 10.2 Å². The minimum Gasteiger partial charge on any atom is -0.497 e. The van der Waals surface area contributed by atoms with E-state index in [1.54, 1.807) is 25.3 Å². The average molecular weight is 371 g/mol. The van der Waals surface area contributed by atoms with Gasteiger partial charge in [-0.2, -0.15) is 5.10 Å². The van der Waals surface area contributed by atoms with E-state index in [1.165, 1.54) is 17.4 Å². The molecule has 0 aliphatic heterocycles. The second kappa shape index (κ2) is 7.87. The van der Waals surface area contributed by atoms with Crippen molar-refractivity contribution in [3.05, 3.63) is 51.8 Å². The van der Waals surface area contributed by atoms with E-state index >= 15 is 0 Å². The summed E-state index contributed by atoms with van der Waals surface area (Å²) in [6, 6.07) is 10.3. The molecule has 0 aliphatic carbocycles. The highest BCUT2D eigenvalue weighted by Crippen LogP contribution is 2.19. The Balaban J connectivity index is 1.76. The van der Waals surface area contributed by atoms with Crippen molar-refractivity contribution >= 4 is 22.4 Å². The number of carbonyl (C=O) groups excluding carboxylic acids is 1. The first-order valence-electron chi connectivity index (χ1n) is 7.94. The Kier molecular flexibility index (Phi) is 5.37. The van der Waals surface area contributed by atoms with Gasteiger partial charge in [-0.25, -0.2) is 4.68 Å². The van der Waals surface area contributed by atoms with Crippen LogP contribution in [0.3, 0.4) is 0 Å². The van der Waals surface area contributed by atoms with Crippen LogP contribution < -0.4 is 15.6 Å². The standard InChI is InChI=1S/C17H17N5O3S/c1-3-15-19-20-17(26-15)18-14(23)10-22-16(24)9-8-13(21-22)11-4-6-12(25-2)7-5-11/h4-9H,3,10H2,1-2H3,(H,18,20,23). The number of benzene rings is 1. The van der Waals surface area contributed by atoms with Crippen molar-refractivity contribution in [2.75, 3.05) is 12.4 Å². The number of amides is 1. The summed E-state index contributed by atoms with van der Waals surface area (Å²) in [4.78, 5) is 24.2. The highest BCUT2D eigenvalue weighted by atomic mass is 32.1. The molecule has 0 spiro atoms. The van der Waals surface area contributed by atoms with E-state index < -0.39 is 0 Å². The molecule has 0 radical (unpaired) electrons. The third-order valence-corrected chi connectivity index (χ3v) is 4.54. The molecule has 0 aliphatic rings. The van der Waals surface area contributed by atoms with Gasteiger partial charge in [0, 0.05) is 11.6 Å². The van der Waals surface area contributed by atoms with Crippen LogP contribution in [-0.2, 0) is 17.8 Å². The minimum absolute atomic E-state index is 0.204. The average Bonchev–Trinajstić information content (AvgIpc) is 3.11. The third-order valence-electron chi connectivity index (χ3n) is 3.56. The topological polar surface area (TPSA) is 99.0 Å². The predicted molar refractivity (Wildman–Crippen MR) is 98.4 cm³/mol. The molecule has 0 saturated carbocycles. The first kappa shape index (κ1) is 17.7. The molecule has 0 bridgehead atoms. The van der Waals surface area contributed by atoms with Gasteiger partial charge in [0.05, 0.1) is 12.8 Å². The maximum atomic E-state index is 12.2. The van der Waals surface area contributed by atoms with Crippen molar-refractivity contribution in [1.29, 1.82) is 0 Å². The van der Waals surface area contributed by atoms with Gasteiger partial charge in [0.25, 0.3) is 5.56 Å². The molecule has 2 heterocycles. The molecule has 134 valence electrons. The van der Waals surface area contributed by atoms with Crippen LogP contribution in [0.15, 0.2) is 41.2 Å². The van der Waals surface area contributed by atoms with Crippen molar-refractivity contribution in [2.24, 2.45) is 0 Å². The van der Waals surface area contributed by atoms with Gasteiger partial charge in [0.15, 0.2) is 0 Å². The number of methoxy groups -OCH3 is 1. The van der Waals surface area contributed by atoms with Crippen molar-refractivity contribution in [3.8, 4) is 17.0 Å². The molecule has 0 fully saturated rings. The van der Waals surface area contributed by atoms with Crippen LogP contribution >= 0.6 is 11.3 Å². The summed E-state index contributed by atoms with van der Waals surface area (Å²) >= 11 is 1.31. The SMILES string of the molecule is CCc1nnc(NC(=O)Cn2nc(-c3ccc(OC)cc3)ccc2=O)s1. The van der Waals surface area contributed by atoms with Crippen LogP contribution in [0.4, 0.5) is 5.13 Å².